The smallest absolute Gasteiger partial charge is 0.255 e. The van der Waals surface area contributed by atoms with Gasteiger partial charge in [-0.2, -0.15) is 0 Å². The van der Waals surface area contributed by atoms with E-state index >= 15 is 0 Å². The molecule has 6 N–H and O–H groups in total. The second-order valence-corrected chi connectivity index (χ2v) is 11.1. The van der Waals surface area contributed by atoms with Crippen molar-refractivity contribution in [1.82, 2.24) is 10.2 Å². The Morgan fingerprint density at radius 3 is 2.45 bits per heavy atom. The van der Waals surface area contributed by atoms with Crippen LogP contribution in [0.4, 0.5) is 4.39 Å². The van der Waals surface area contributed by atoms with Crippen LogP contribution in [-0.2, 0) is 25.5 Å². The third-order valence-electron chi connectivity index (χ3n) is 8.92. The van der Waals surface area contributed by atoms with Crippen molar-refractivity contribution < 1.29 is 43.6 Å². The number of benzene rings is 1. The summed E-state index contributed by atoms with van der Waals surface area (Å²) in [6.07, 6.45) is 0.129. The van der Waals surface area contributed by atoms with Crippen molar-refractivity contribution in [3.05, 3.63) is 39.7 Å². The Labute approximate surface area is 230 Å². The van der Waals surface area contributed by atoms with E-state index < -0.39 is 64.2 Å². The lowest BCUT2D eigenvalue weighted by Crippen LogP contribution is -2.66. The van der Waals surface area contributed by atoms with E-state index in [0.717, 1.165) is 0 Å². The number of nitrogens with two attached hydrogens (primary N) is 1. The van der Waals surface area contributed by atoms with E-state index in [0.29, 0.717) is 29.7 Å². The van der Waals surface area contributed by atoms with Crippen LogP contribution in [0.3, 0.4) is 0 Å². The number of alkyl halides is 1. The molecule has 6 atom stereocenters. The summed E-state index contributed by atoms with van der Waals surface area (Å²) in [6.45, 7) is 0.156. The second kappa shape index (κ2) is 9.86. The van der Waals surface area contributed by atoms with Gasteiger partial charge in [0.2, 0.25) is 5.78 Å². The molecule has 1 amide bonds. The second-order valence-electron chi connectivity index (χ2n) is 11.1. The van der Waals surface area contributed by atoms with E-state index in [1.807, 2.05) is 0 Å². The molecule has 2 unspecified atom stereocenters. The summed E-state index contributed by atoms with van der Waals surface area (Å²) < 4.78 is 25.2. The molecule has 1 saturated heterocycles. The highest BCUT2D eigenvalue weighted by Gasteiger charge is 2.65. The zero-order valence-electron chi connectivity index (χ0n) is 22.8. The molecule has 1 aromatic carbocycles. The van der Waals surface area contributed by atoms with Crippen molar-refractivity contribution in [3.8, 4) is 11.5 Å². The van der Waals surface area contributed by atoms with Crippen LogP contribution in [0.2, 0.25) is 0 Å². The number of primary amides is 1. The molecule has 2 fully saturated rings. The van der Waals surface area contributed by atoms with Gasteiger partial charge in [0.25, 0.3) is 5.91 Å². The maximum absolute atomic E-state index is 14.3. The van der Waals surface area contributed by atoms with Crippen LogP contribution in [0.15, 0.2) is 23.0 Å². The molecule has 3 aliphatic carbocycles. The summed E-state index contributed by atoms with van der Waals surface area (Å²) in [6, 6.07) is 0.120. The number of hydrogen-bond acceptors (Lipinski definition) is 10. The fourth-order valence-electron chi connectivity index (χ4n) is 7.23. The Bertz CT molecular complexity index is 1360. The summed E-state index contributed by atoms with van der Waals surface area (Å²) in [5.74, 6) is -5.56. The van der Waals surface area contributed by atoms with Crippen molar-refractivity contribution in [3.63, 3.8) is 0 Å². The van der Waals surface area contributed by atoms with Crippen molar-refractivity contribution >= 4 is 23.2 Å². The zero-order valence-corrected chi connectivity index (χ0v) is 22.8. The molecule has 4 aliphatic rings. The summed E-state index contributed by atoms with van der Waals surface area (Å²) >= 11 is 0. The van der Waals surface area contributed by atoms with Crippen molar-refractivity contribution in [1.29, 1.82) is 0 Å². The number of phenolic OH excluding ortho intramolecular Hbond substituents is 1. The van der Waals surface area contributed by atoms with E-state index in [2.05, 4.69) is 5.32 Å². The number of likely N-dealkylation sites (N-methyl/N-ethyl adjacent to an activating group) is 1. The average Bonchev–Trinajstić information content (AvgIpc) is 2.88. The number of ketones is 2. The standard InChI is InChI=1S/C28H34FN3O8/c1-32(2)21-15-8-11-7-14-19(17(33)9-13(24(14)39-3)16-6-5-12(29)10-31-16)22(34)18(11)25(36)28(15,40-4)26(37)20(23(21)35)27(30)38/h9,11-12,15-16,21,31,33-34,37H,5-8,10H2,1-4H3,(H2,30,38)/t11-,12?,15-,16?,21-,28-/m0/s1. The zero-order chi connectivity index (χ0) is 29.3. The molecule has 0 spiro atoms. The maximum atomic E-state index is 14.3. The Balaban J connectivity index is 1.71. The largest absolute Gasteiger partial charge is 0.508 e. The number of nitrogens with one attached hydrogen (secondary N) is 1. The van der Waals surface area contributed by atoms with Gasteiger partial charge in [-0.1, -0.05) is 0 Å². The van der Waals surface area contributed by atoms with Gasteiger partial charge >= 0.3 is 0 Å². The quantitative estimate of drug-likeness (QED) is 0.332. The number of fused-ring (bicyclic) bond motifs is 3. The van der Waals surface area contributed by atoms with Crippen molar-refractivity contribution in [2.45, 2.75) is 49.5 Å². The number of hydrogen-bond donors (Lipinski definition) is 5. The predicted molar refractivity (Wildman–Crippen MR) is 140 cm³/mol. The fraction of sp³-hybridized carbons (Fsp3) is 0.536. The molecule has 1 heterocycles. The van der Waals surface area contributed by atoms with Gasteiger partial charge in [-0.25, -0.2) is 4.39 Å². The monoisotopic (exact) mass is 559 g/mol. The fourth-order valence-corrected chi connectivity index (χ4v) is 7.23. The summed E-state index contributed by atoms with van der Waals surface area (Å²) in [5.41, 5.74) is 3.59. The number of Topliss-reactive ketones (excluding diaryl/α,β-unsaturated/α-hetero) is 2. The highest BCUT2D eigenvalue weighted by atomic mass is 19.1. The van der Waals surface area contributed by atoms with Crippen LogP contribution < -0.4 is 15.8 Å². The number of aromatic hydroxyl groups is 1. The van der Waals surface area contributed by atoms with Gasteiger partial charge in [0, 0.05) is 42.3 Å². The molecule has 216 valence electrons. The highest BCUT2D eigenvalue weighted by Crippen LogP contribution is 2.55. The molecule has 0 bridgehead atoms. The SMILES string of the molecule is COc1c(C2CCC(F)CN2)cc(O)c2c1C[C@H]1C[C@H]3[C@H](N(C)C)C(=O)C(C(N)=O)=C(O)[C@@]3(OC)C(=O)C1=C2O. The Hall–Kier alpha value is -3.48. The molecule has 5 rings (SSSR count). The summed E-state index contributed by atoms with van der Waals surface area (Å²) in [5, 5.41) is 37.0. The number of amides is 1. The molecule has 1 aliphatic heterocycles. The Morgan fingerprint density at radius 1 is 1.20 bits per heavy atom. The van der Waals surface area contributed by atoms with Gasteiger partial charge in [0.1, 0.15) is 34.8 Å². The molecule has 12 heteroatoms. The molecule has 40 heavy (non-hydrogen) atoms. The number of methoxy groups -OCH3 is 2. The van der Waals surface area contributed by atoms with Gasteiger partial charge in [-0.3, -0.25) is 19.3 Å². The number of nitrogens with zero attached hydrogens (tertiary/aromatic N) is 1. The number of carbonyl (C=O) groups is 3. The number of halogens is 1. The number of piperidine rings is 1. The van der Waals surface area contributed by atoms with Crippen molar-refractivity contribution in [2.24, 2.45) is 17.6 Å². The molecule has 1 saturated carbocycles. The Morgan fingerprint density at radius 2 is 1.90 bits per heavy atom. The minimum absolute atomic E-state index is 0.0127. The summed E-state index contributed by atoms with van der Waals surface area (Å²) in [4.78, 5) is 41.4. The highest BCUT2D eigenvalue weighted by molar-refractivity contribution is 6.24. The van der Waals surface area contributed by atoms with Crippen LogP contribution >= 0.6 is 0 Å². The normalized spacial score (nSPS) is 32.1. The molecule has 11 nitrogen and oxygen atoms in total. The van der Waals surface area contributed by atoms with Crippen LogP contribution in [-0.4, -0.2) is 90.4 Å². The van der Waals surface area contributed by atoms with Crippen LogP contribution in [0.1, 0.15) is 42.0 Å². The minimum atomic E-state index is -2.15. The molecule has 0 aromatic heterocycles. The number of ether oxygens (including phenoxy) is 2. The number of aliphatic hydroxyl groups excluding tert-OH is 2. The number of phenols is 1. The summed E-state index contributed by atoms with van der Waals surface area (Å²) in [7, 11) is 5.87. The predicted octanol–water partition coefficient (Wildman–Crippen LogP) is 1.39. The van der Waals surface area contributed by atoms with Crippen molar-refractivity contribution in [2.75, 3.05) is 34.9 Å². The number of carbonyl (C=O) groups excluding carboxylic acids is 3. The lowest BCUT2D eigenvalue weighted by Gasteiger charge is -2.52. The lowest BCUT2D eigenvalue weighted by molar-refractivity contribution is -0.159. The van der Waals surface area contributed by atoms with E-state index in [1.54, 1.807) is 19.0 Å². The number of rotatable bonds is 5. The first kappa shape index (κ1) is 28.1. The first-order valence-electron chi connectivity index (χ1n) is 13.2. The van der Waals surface area contributed by atoms with Crippen LogP contribution in [0.5, 0.6) is 11.5 Å². The Kier molecular flexibility index (Phi) is 6.92. The molecular weight excluding hydrogens is 525 g/mol. The third kappa shape index (κ3) is 3.76. The molecular formula is C28H34FN3O8. The van der Waals surface area contributed by atoms with E-state index in [1.165, 1.54) is 20.3 Å². The van der Waals surface area contributed by atoms with Gasteiger partial charge in [-0.15, -0.1) is 0 Å². The third-order valence-corrected chi connectivity index (χ3v) is 8.92. The molecule has 0 radical (unpaired) electrons. The topological polar surface area (TPSA) is 172 Å². The lowest BCUT2D eigenvalue weighted by atomic mass is 9.57. The van der Waals surface area contributed by atoms with Gasteiger partial charge < -0.3 is 35.8 Å². The molecule has 1 aromatic rings. The maximum Gasteiger partial charge on any atom is 0.255 e. The van der Waals surface area contributed by atoms with E-state index in [-0.39, 0.29) is 42.3 Å². The van der Waals surface area contributed by atoms with Gasteiger partial charge in [0.05, 0.1) is 18.7 Å². The minimum Gasteiger partial charge on any atom is -0.508 e. The number of aliphatic hydroxyl groups is 2. The average molecular weight is 560 g/mol. The van der Waals surface area contributed by atoms with Gasteiger partial charge in [0.15, 0.2) is 11.4 Å². The van der Waals surface area contributed by atoms with E-state index in [4.69, 9.17) is 15.2 Å². The first-order chi connectivity index (χ1) is 18.9. The van der Waals surface area contributed by atoms with Crippen LogP contribution in [0, 0.1) is 11.8 Å². The van der Waals surface area contributed by atoms with E-state index in [9.17, 15) is 34.1 Å². The van der Waals surface area contributed by atoms with Crippen LogP contribution in [0.25, 0.3) is 5.76 Å². The first-order valence-corrected chi connectivity index (χ1v) is 13.2. The van der Waals surface area contributed by atoms with Gasteiger partial charge in [-0.05, 0) is 51.8 Å².